The van der Waals surface area contributed by atoms with Crippen molar-refractivity contribution in [2.45, 2.75) is 51.1 Å². The number of nitrogens with one attached hydrogen (secondary N) is 1. The molecule has 3 heteroatoms. The fourth-order valence-electron chi connectivity index (χ4n) is 1.69. The summed E-state index contributed by atoms with van der Waals surface area (Å²) in [5.74, 6) is 0.973. The van der Waals surface area contributed by atoms with Gasteiger partial charge in [0, 0.05) is 16.7 Å². The zero-order valence-corrected chi connectivity index (χ0v) is 12.5. The Hall–Kier alpha value is -0.980. The molecule has 0 saturated heterocycles. The van der Waals surface area contributed by atoms with E-state index in [-0.39, 0.29) is 6.04 Å². The summed E-state index contributed by atoms with van der Waals surface area (Å²) in [5, 5.41) is 12.3. The van der Waals surface area contributed by atoms with Crippen LogP contribution < -0.4 is 5.32 Å². The molecule has 0 aliphatic heterocycles. The lowest BCUT2D eigenvalue weighted by Gasteiger charge is -2.14. The summed E-state index contributed by atoms with van der Waals surface area (Å²) in [6.45, 7) is 8.40. The Morgan fingerprint density at radius 1 is 1.28 bits per heavy atom. The maximum absolute atomic E-state index is 9.03. The monoisotopic (exact) mass is 262 g/mol. The van der Waals surface area contributed by atoms with Crippen LogP contribution in [0, 0.1) is 25.2 Å². The van der Waals surface area contributed by atoms with Crippen LogP contribution in [0.3, 0.4) is 0 Å². The molecule has 0 aromatic heterocycles. The molecule has 0 radical (unpaired) electrons. The van der Waals surface area contributed by atoms with E-state index < -0.39 is 0 Å². The number of thioether (sulfide) groups is 1. The van der Waals surface area contributed by atoms with Crippen LogP contribution in [0.4, 0.5) is 0 Å². The average Bonchev–Trinajstić information content (AvgIpc) is 2.32. The van der Waals surface area contributed by atoms with Crippen molar-refractivity contribution < 1.29 is 0 Å². The van der Waals surface area contributed by atoms with Crippen LogP contribution in [-0.2, 0) is 0 Å². The Morgan fingerprint density at radius 2 is 2.00 bits per heavy atom. The fourth-order valence-corrected chi connectivity index (χ4v) is 2.70. The Balaban J connectivity index is 2.41. The Kier molecular flexibility index (Phi) is 6.24. The molecular formula is C15H22N2S. The standard InChI is InChI=1S/C15H22N2S/c1-11(2)17-14(10-16)7-8-18-15-6-5-12(3)13(4)9-15/h5-6,9,11,14,17H,7-8H2,1-4H3. The largest absolute Gasteiger partial charge is 0.300 e. The predicted molar refractivity (Wildman–Crippen MR) is 78.9 cm³/mol. The van der Waals surface area contributed by atoms with Gasteiger partial charge < -0.3 is 0 Å². The minimum atomic E-state index is -0.0379. The van der Waals surface area contributed by atoms with Crippen LogP contribution in [-0.4, -0.2) is 17.8 Å². The van der Waals surface area contributed by atoms with Crippen LogP contribution in [0.25, 0.3) is 0 Å². The van der Waals surface area contributed by atoms with E-state index in [9.17, 15) is 0 Å². The summed E-state index contributed by atoms with van der Waals surface area (Å²) < 4.78 is 0. The lowest BCUT2D eigenvalue weighted by atomic mass is 10.1. The molecule has 1 atom stereocenters. The highest BCUT2D eigenvalue weighted by atomic mass is 32.2. The normalized spacial score (nSPS) is 12.4. The molecule has 0 aliphatic rings. The van der Waals surface area contributed by atoms with Gasteiger partial charge in [0.1, 0.15) is 0 Å². The van der Waals surface area contributed by atoms with Gasteiger partial charge in [-0.05, 0) is 57.4 Å². The van der Waals surface area contributed by atoms with E-state index in [1.165, 1.54) is 16.0 Å². The van der Waals surface area contributed by atoms with Gasteiger partial charge in [-0.15, -0.1) is 11.8 Å². The highest BCUT2D eigenvalue weighted by Crippen LogP contribution is 2.22. The molecule has 1 N–H and O–H groups in total. The number of hydrogen-bond donors (Lipinski definition) is 1. The van der Waals surface area contributed by atoms with Crippen LogP contribution in [0.1, 0.15) is 31.4 Å². The summed E-state index contributed by atoms with van der Waals surface area (Å²) >= 11 is 1.82. The van der Waals surface area contributed by atoms with Gasteiger partial charge in [0.25, 0.3) is 0 Å². The van der Waals surface area contributed by atoms with Crippen molar-refractivity contribution in [3.05, 3.63) is 29.3 Å². The fraction of sp³-hybridized carbons (Fsp3) is 0.533. The minimum Gasteiger partial charge on any atom is -0.300 e. The predicted octanol–water partition coefficient (Wildman–Crippen LogP) is 3.68. The summed E-state index contributed by atoms with van der Waals surface area (Å²) in [5.41, 5.74) is 2.66. The summed E-state index contributed by atoms with van der Waals surface area (Å²) in [7, 11) is 0. The molecule has 1 aromatic rings. The van der Waals surface area contributed by atoms with Gasteiger partial charge in [-0.3, -0.25) is 5.32 Å². The highest BCUT2D eigenvalue weighted by molar-refractivity contribution is 7.99. The zero-order chi connectivity index (χ0) is 13.5. The molecule has 0 fully saturated rings. The number of nitrogens with zero attached hydrogens (tertiary/aromatic N) is 1. The second-order valence-electron chi connectivity index (χ2n) is 4.89. The molecule has 1 aromatic carbocycles. The second-order valence-corrected chi connectivity index (χ2v) is 6.05. The van der Waals surface area contributed by atoms with Crippen molar-refractivity contribution in [3.63, 3.8) is 0 Å². The third-order valence-electron chi connectivity index (χ3n) is 2.84. The van der Waals surface area contributed by atoms with E-state index in [1.807, 2.05) is 11.8 Å². The molecule has 2 nitrogen and oxygen atoms in total. The third kappa shape index (κ3) is 5.12. The van der Waals surface area contributed by atoms with E-state index in [1.54, 1.807) is 0 Å². The topological polar surface area (TPSA) is 35.8 Å². The SMILES string of the molecule is Cc1ccc(SCCC(C#N)NC(C)C)cc1C. The lowest BCUT2D eigenvalue weighted by Crippen LogP contribution is -2.33. The Labute approximate surface area is 115 Å². The summed E-state index contributed by atoms with van der Waals surface area (Å²) in [6.07, 6.45) is 0.881. The molecular weight excluding hydrogens is 240 g/mol. The van der Waals surface area contributed by atoms with Crippen molar-refractivity contribution in [2.24, 2.45) is 0 Å². The quantitative estimate of drug-likeness (QED) is 0.794. The number of aryl methyl sites for hydroxylation is 2. The first kappa shape index (κ1) is 15.1. The van der Waals surface area contributed by atoms with E-state index >= 15 is 0 Å². The molecule has 18 heavy (non-hydrogen) atoms. The van der Waals surface area contributed by atoms with Crippen LogP contribution in [0.5, 0.6) is 0 Å². The van der Waals surface area contributed by atoms with Gasteiger partial charge in [-0.2, -0.15) is 5.26 Å². The number of rotatable bonds is 6. The molecule has 0 saturated carbocycles. The van der Waals surface area contributed by atoms with E-state index in [2.05, 4.69) is 57.3 Å². The van der Waals surface area contributed by atoms with Gasteiger partial charge in [0.2, 0.25) is 0 Å². The third-order valence-corrected chi connectivity index (χ3v) is 3.87. The zero-order valence-electron chi connectivity index (χ0n) is 11.7. The van der Waals surface area contributed by atoms with E-state index in [0.29, 0.717) is 6.04 Å². The Bertz CT molecular complexity index is 421. The average molecular weight is 262 g/mol. The first-order chi connectivity index (χ1) is 8.52. The summed E-state index contributed by atoms with van der Waals surface area (Å²) in [4.78, 5) is 1.29. The van der Waals surface area contributed by atoms with Crippen LogP contribution in [0.15, 0.2) is 23.1 Å². The second kappa shape index (κ2) is 7.45. The lowest BCUT2D eigenvalue weighted by molar-refractivity contribution is 0.522. The molecule has 0 amide bonds. The number of benzene rings is 1. The number of hydrogen-bond acceptors (Lipinski definition) is 3. The van der Waals surface area contributed by atoms with E-state index in [4.69, 9.17) is 5.26 Å². The van der Waals surface area contributed by atoms with Crippen molar-refractivity contribution in [1.29, 1.82) is 5.26 Å². The molecule has 98 valence electrons. The molecule has 0 spiro atoms. The molecule has 0 bridgehead atoms. The van der Waals surface area contributed by atoms with Crippen molar-refractivity contribution >= 4 is 11.8 Å². The van der Waals surface area contributed by atoms with Gasteiger partial charge in [-0.1, -0.05) is 6.07 Å². The van der Waals surface area contributed by atoms with Crippen molar-refractivity contribution in [1.82, 2.24) is 5.32 Å². The summed E-state index contributed by atoms with van der Waals surface area (Å²) in [6, 6.07) is 9.18. The maximum Gasteiger partial charge on any atom is 0.0962 e. The molecule has 1 unspecified atom stereocenters. The van der Waals surface area contributed by atoms with Crippen molar-refractivity contribution in [3.8, 4) is 6.07 Å². The first-order valence-electron chi connectivity index (χ1n) is 6.38. The molecule has 0 aliphatic carbocycles. The van der Waals surface area contributed by atoms with Gasteiger partial charge in [0.05, 0.1) is 12.1 Å². The first-order valence-corrected chi connectivity index (χ1v) is 7.37. The molecule has 1 rings (SSSR count). The maximum atomic E-state index is 9.03. The van der Waals surface area contributed by atoms with E-state index in [0.717, 1.165) is 12.2 Å². The Morgan fingerprint density at radius 3 is 2.56 bits per heavy atom. The highest BCUT2D eigenvalue weighted by Gasteiger charge is 2.08. The molecule has 0 heterocycles. The van der Waals surface area contributed by atoms with Gasteiger partial charge in [-0.25, -0.2) is 0 Å². The van der Waals surface area contributed by atoms with Crippen LogP contribution >= 0.6 is 11.8 Å². The van der Waals surface area contributed by atoms with Gasteiger partial charge in [0.15, 0.2) is 0 Å². The van der Waals surface area contributed by atoms with Crippen LogP contribution in [0.2, 0.25) is 0 Å². The number of nitriles is 1. The smallest absolute Gasteiger partial charge is 0.0962 e. The van der Waals surface area contributed by atoms with Gasteiger partial charge >= 0.3 is 0 Å². The minimum absolute atomic E-state index is 0.0379. The van der Waals surface area contributed by atoms with Crippen molar-refractivity contribution in [2.75, 3.05) is 5.75 Å².